The third-order valence-corrected chi connectivity index (χ3v) is 5.35. The van der Waals surface area contributed by atoms with Gasteiger partial charge in [0.25, 0.3) is 0 Å². The molecule has 17 heavy (non-hydrogen) atoms. The highest BCUT2D eigenvalue weighted by atomic mass is 32.2. The molecule has 0 aromatic heterocycles. The van der Waals surface area contributed by atoms with E-state index in [9.17, 15) is 0 Å². The maximum Gasteiger partial charge on any atom is 0.0110 e. The van der Waals surface area contributed by atoms with Crippen LogP contribution in [0.25, 0.3) is 0 Å². The SMILES string of the molecule is CCCNCC1CC12CCSc1ccccc12. The number of nitrogens with one attached hydrogen (secondary N) is 1. The van der Waals surface area contributed by atoms with Gasteiger partial charge in [-0.3, -0.25) is 0 Å². The second kappa shape index (κ2) is 4.66. The van der Waals surface area contributed by atoms with E-state index in [4.69, 9.17) is 0 Å². The van der Waals surface area contributed by atoms with E-state index in [0.29, 0.717) is 5.41 Å². The van der Waals surface area contributed by atoms with Crippen molar-refractivity contribution >= 4 is 11.8 Å². The summed E-state index contributed by atoms with van der Waals surface area (Å²) in [6.45, 7) is 4.62. The smallest absolute Gasteiger partial charge is 0.0110 e. The molecule has 2 unspecified atom stereocenters. The van der Waals surface area contributed by atoms with Crippen LogP contribution in [0.1, 0.15) is 31.7 Å². The minimum absolute atomic E-state index is 0.544. The lowest BCUT2D eigenvalue weighted by Gasteiger charge is -2.26. The van der Waals surface area contributed by atoms with Gasteiger partial charge in [-0.1, -0.05) is 25.1 Å². The fourth-order valence-electron chi connectivity index (χ4n) is 3.22. The first-order chi connectivity index (χ1) is 8.37. The summed E-state index contributed by atoms with van der Waals surface area (Å²) in [4.78, 5) is 1.54. The lowest BCUT2D eigenvalue weighted by atomic mass is 9.90. The Morgan fingerprint density at radius 3 is 3.18 bits per heavy atom. The van der Waals surface area contributed by atoms with Crippen LogP contribution in [0.5, 0.6) is 0 Å². The van der Waals surface area contributed by atoms with Gasteiger partial charge >= 0.3 is 0 Å². The number of hydrogen-bond acceptors (Lipinski definition) is 2. The van der Waals surface area contributed by atoms with Gasteiger partial charge in [-0.25, -0.2) is 0 Å². The van der Waals surface area contributed by atoms with E-state index >= 15 is 0 Å². The molecule has 2 atom stereocenters. The molecule has 2 heteroatoms. The number of thioether (sulfide) groups is 1. The molecule has 0 amide bonds. The van der Waals surface area contributed by atoms with Crippen molar-refractivity contribution in [3.8, 4) is 0 Å². The molecule has 0 saturated heterocycles. The van der Waals surface area contributed by atoms with Crippen LogP contribution in [0.4, 0.5) is 0 Å². The predicted molar refractivity (Wildman–Crippen MR) is 74.7 cm³/mol. The molecule has 1 aliphatic carbocycles. The van der Waals surface area contributed by atoms with Crippen LogP contribution >= 0.6 is 11.8 Å². The monoisotopic (exact) mass is 247 g/mol. The fourth-order valence-corrected chi connectivity index (χ4v) is 4.51. The molecule has 1 spiro atoms. The van der Waals surface area contributed by atoms with Crippen LogP contribution < -0.4 is 5.32 Å². The van der Waals surface area contributed by atoms with Gasteiger partial charge in [0.15, 0.2) is 0 Å². The van der Waals surface area contributed by atoms with Gasteiger partial charge in [0.1, 0.15) is 0 Å². The van der Waals surface area contributed by atoms with E-state index in [1.807, 2.05) is 11.8 Å². The summed E-state index contributed by atoms with van der Waals surface area (Å²) in [6.07, 6.45) is 4.03. The number of rotatable bonds is 4. The predicted octanol–water partition coefficient (Wildman–Crippen LogP) is 3.44. The van der Waals surface area contributed by atoms with E-state index in [1.165, 1.54) is 43.0 Å². The summed E-state index contributed by atoms with van der Waals surface area (Å²) >= 11 is 2.04. The van der Waals surface area contributed by atoms with Crippen molar-refractivity contribution in [2.45, 2.75) is 36.5 Å². The van der Waals surface area contributed by atoms with Crippen LogP contribution in [0.15, 0.2) is 29.2 Å². The summed E-state index contributed by atoms with van der Waals surface area (Å²) < 4.78 is 0. The molecule has 1 nitrogen and oxygen atoms in total. The van der Waals surface area contributed by atoms with Crippen molar-refractivity contribution in [2.75, 3.05) is 18.8 Å². The Kier molecular flexibility index (Phi) is 3.18. The zero-order valence-electron chi connectivity index (χ0n) is 10.5. The fraction of sp³-hybridized carbons (Fsp3) is 0.600. The van der Waals surface area contributed by atoms with Gasteiger partial charge in [0.05, 0.1) is 0 Å². The van der Waals surface area contributed by atoms with Gasteiger partial charge < -0.3 is 5.32 Å². The van der Waals surface area contributed by atoms with E-state index in [0.717, 1.165) is 5.92 Å². The average molecular weight is 247 g/mol. The van der Waals surface area contributed by atoms with Gasteiger partial charge in [-0.15, -0.1) is 11.8 Å². The highest BCUT2D eigenvalue weighted by Gasteiger charge is 2.56. The third-order valence-electron chi connectivity index (χ3n) is 4.28. The van der Waals surface area contributed by atoms with Crippen LogP contribution in [0.2, 0.25) is 0 Å². The maximum absolute atomic E-state index is 3.59. The van der Waals surface area contributed by atoms with Crippen molar-refractivity contribution in [3.63, 3.8) is 0 Å². The highest BCUT2D eigenvalue weighted by Crippen LogP contribution is 2.61. The molecule has 0 radical (unpaired) electrons. The molecule has 2 aliphatic rings. The van der Waals surface area contributed by atoms with Gasteiger partial charge in [0, 0.05) is 10.3 Å². The zero-order chi connectivity index (χ0) is 11.7. The molecule has 1 aromatic carbocycles. The maximum atomic E-state index is 3.59. The summed E-state index contributed by atoms with van der Waals surface area (Å²) in [6, 6.07) is 9.05. The summed E-state index contributed by atoms with van der Waals surface area (Å²) in [5.41, 5.74) is 2.18. The Morgan fingerprint density at radius 1 is 1.41 bits per heavy atom. The van der Waals surface area contributed by atoms with E-state index in [1.54, 1.807) is 5.56 Å². The largest absolute Gasteiger partial charge is 0.316 e. The average Bonchev–Trinajstić information content (AvgIpc) is 3.04. The molecule has 92 valence electrons. The molecule has 1 aromatic rings. The Balaban J connectivity index is 1.74. The Hall–Kier alpha value is -0.470. The van der Waals surface area contributed by atoms with Crippen molar-refractivity contribution in [1.82, 2.24) is 5.32 Å². The molecular formula is C15H21NS. The van der Waals surface area contributed by atoms with Crippen LogP contribution in [0.3, 0.4) is 0 Å². The Bertz CT molecular complexity index is 404. The van der Waals surface area contributed by atoms with Gasteiger partial charge in [-0.2, -0.15) is 0 Å². The number of benzene rings is 1. The molecule has 1 saturated carbocycles. The highest BCUT2D eigenvalue weighted by molar-refractivity contribution is 7.99. The lowest BCUT2D eigenvalue weighted by Crippen LogP contribution is -2.24. The number of hydrogen-bond donors (Lipinski definition) is 1. The van der Waals surface area contributed by atoms with E-state index < -0.39 is 0 Å². The Labute approximate surface area is 108 Å². The minimum atomic E-state index is 0.544. The topological polar surface area (TPSA) is 12.0 Å². The third kappa shape index (κ3) is 2.02. The molecule has 3 rings (SSSR count). The summed E-state index contributed by atoms with van der Waals surface area (Å²) in [7, 11) is 0. The van der Waals surface area contributed by atoms with Crippen molar-refractivity contribution in [1.29, 1.82) is 0 Å². The number of fused-ring (bicyclic) bond motifs is 2. The quantitative estimate of drug-likeness (QED) is 0.818. The molecule has 1 aliphatic heterocycles. The Morgan fingerprint density at radius 2 is 2.29 bits per heavy atom. The van der Waals surface area contributed by atoms with Crippen LogP contribution in [-0.2, 0) is 5.41 Å². The molecule has 1 heterocycles. The van der Waals surface area contributed by atoms with Crippen molar-refractivity contribution < 1.29 is 0 Å². The lowest BCUT2D eigenvalue weighted by molar-refractivity contribution is 0.530. The first kappa shape index (κ1) is 11.6. The van der Waals surface area contributed by atoms with Crippen LogP contribution in [-0.4, -0.2) is 18.8 Å². The second-order valence-electron chi connectivity index (χ2n) is 5.36. The van der Waals surface area contributed by atoms with Gasteiger partial charge in [0.2, 0.25) is 0 Å². The summed E-state index contributed by atoms with van der Waals surface area (Å²) in [5, 5.41) is 3.59. The first-order valence-corrected chi connectivity index (χ1v) is 7.78. The van der Waals surface area contributed by atoms with E-state index in [2.05, 4.69) is 36.5 Å². The van der Waals surface area contributed by atoms with Crippen molar-refractivity contribution in [3.05, 3.63) is 29.8 Å². The molecule has 1 fully saturated rings. The van der Waals surface area contributed by atoms with Crippen LogP contribution in [0, 0.1) is 5.92 Å². The zero-order valence-corrected chi connectivity index (χ0v) is 11.4. The first-order valence-electron chi connectivity index (χ1n) is 6.80. The molecular weight excluding hydrogens is 226 g/mol. The summed E-state index contributed by atoms with van der Waals surface area (Å²) in [5.74, 6) is 2.19. The second-order valence-corrected chi connectivity index (χ2v) is 6.49. The van der Waals surface area contributed by atoms with Gasteiger partial charge in [-0.05, 0) is 55.7 Å². The molecule has 0 bridgehead atoms. The standard InChI is InChI=1S/C15H21NS/c1-2-8-16-11-12-10-15(12)7-9-17-14-6-4-3-5-13(14)15/h3-6,12,16H,2,7-11H2,1H3. The normalized spacial score (nSPS) is 30.3. The van der Waals surface area contributed by atoms with E-state index in [-0.39, 0.29) is 0 Å². The van der Waals surface area contributed by atoms with Crippen molar-refractivity contribution in [2.24, 2.45) is 5.92 Å². The minimum Gasteiger partial charge on any atom is -0.316 e. The molecule has 1 N–H and O–H groups in total.